The molecule has 4 nitrogen and oxygen atoms in total. The van der Waals surface area contributed by atoms with E-state index in [2.05, 4.69) is 17.9 Å². The first kappa shape index (κ1) is 15.6. The van der Waals surface area contributed by atoms with Crippen LogP contribution in [0.15, 0.2) is 24.0 Å². The van der Waals surface area contributed by atoms with Gasteiger partial charge < -0.3 is 14.4 Å². The van der Waals surface area contributed by atoms with Crippen molar-refractivity contribution in [1.29, 1.82) is 0 Å². The summed E-state index contributed by atoms with van der Waals surface area (Å²) in [6.45, 7) is 3.02. The minimum atomic E-state index is 0.0488. The molecule has 2 aliphatic carbocycles. The highest BCUT2D eigenvalue weighted by Gasteiger charge is 2.35. The molecular weight excluding hydrogens is 278 g/mol. The lowest BCUT2D eigenvalue weighted by Crippen LogP contribution is -2.40. The van der Waals surface area contributed by atoms with Crippen LogP contribution in [0.3, 0.4) is 0 Å². The molecule has 0 aromatic rings. The Morgan fingerprint density at radius 3 is 2.86 bits per heavy atom. The Labute approximate surface area is 133 Å². The summed E-state index contributed by atoms with van der Waals surface area (Å²) in [6.07, 6.45) is 12.3. The molecular formula is C18H27NO3. The van der Waals surface area contributed by atoms with Crippen LogP contribution in [0.1, 0.15) is 45.4 Å². The quantitative estimate of drug-likeness (QED) is 0.757. The summed E-state index contributed by atoms with van der Waals surface area (Å²) in [6, 6.07) is 0.501. The highest BCUT2D eigenvalue weighted by Crippen LogP contribution is 2.33. The fourth-order valence-electron chi connectivity index (χ4n) is 3.47. The first-order valence-corrected chi connectivity index (χ1v) is 8.60. The van der Waals surface area contributed by atoms with E-state index in [0.717, 1.165) is 31.6 Å². The van der Waals surface area contributed by atoms with Crippen LogP contribution in [0.25, 0.3) is 0 Å². The van der Waals surface area contributed by atoms with Crippen LogP contribution < -0.4 is 0 Å². The highest BCUT2D eigenvalue weighted by atomic mass is 16.5. The van der Waals surface area contributed by atoms with E-state index in [0.29, 0.717) is 18.4 Å². The Morgan fingerprint density at radius 1 is 1.36 bits per heavy atom. The van der Waals surface area contributed by atoms with Gasteiger partial charge in [0.05, 0.1) is 25.7 Å². The number of allylic oxidation sites excluding steroid dienone is 1. The number of fused-ring (bicyclic) bond motifs is 1. The maximum absolute atomic E-state index is 12.6. The molecule has 1 saturated carbocycles. The van der Waals surface area contributed by atoms with Gasteiger partial charge in [-0.25, -0.2) is 0 Å². The largest absolute Gasteiger partial charge is 0.497 e. The van der Waals surface area contributed by atoms with Crippen molar-refractivity contribution in [3.8, 4) is 0 Å². The normalized spacial score (nSPS) is 30.5. The van der Waals surface area contributed by atoms with E-state index in [1.807, 2.05) is 12.2 Å². The zero-order valence-corrected chi connectivity index (χ0v) is 13.7. The zero-order valence-electron chi connectivity index (χ0n) is 13.7. The lowest BCUT2D eigenvalue weighted by Gasteiger charge is -2.36. The van der Waals surface area contributed by atoms with Crippen molar-refractivity contribution in [2.24, 2.45) is 5.92 Å². The molecule has 122 valence electrons. The van der Waals surface area contributed by atoms with E-state index in [1.54, 1.807) is 7.11 Å². The van der Waals surface area contributed by atoms with Gasteiger partial charge in [-0.1, -0.05) is 13.0 Å². The number of methoxy groups -OCH3 is 1. The molecule has 1 amide bonds. The molecule has 1 heterocycles. The fraction of sp³-hybridized carbons (Fsp3) is 0.722. The Balaban J connectivity index is 1.56. The summed E-state index contributed by atoms with van der Waals surface area (Å²) in [5.74, 6) is 1.56. The second-order valence-electron chi connectivity index (χ2n) is 6.62. The van der Waals surface area contributed by atoms with E-state index in [9.17, 15) is 4.79 Å². The van der Waals surface area contributed by atoms with E-state index in [-0.39, 0.29) is 18.1 Å². The minimum Gasteiger partial charge on any atom is -0.497 e. The average Bonchev–Trinajstić information content (AvgIpc) is 3.36. The number of carbonyl (C=O) groups excluding carboxylic acids is 1. The van der Waals surface area contributed by atoms with Crippen LogP contribution >= 0.6 is 0 Å². The Hall–Kier alpha value is -1.29. The van der Waals surface area contributed by atoms with Crippen LogP contribution in [0.4, 0.5) is 0 Å². The zero-order chi connectivity index (χ0) is 15.5. The molecule has 0 radical (unpaired) electrons. The van der Waals surface area contributed by atoms with Gasteiger partial charge in [0.2, 0.25) is 5.91 Å². The van der Waals surface area contributed by atoms with Gasteiger partial charge in [-0.05, 0) is 44.3 Å². The standard InChI is InChI=1S/C18H27NO3/c1-3-10-19(14-6-7-14)18(20)12-16-9-5-13-4-8-15(21-2)11-17(13)22-16/h4,8,11,13-14,16-17H,3,5-7,9-10,12H2,1-2H3. The maximum Gasteiger partial charge on any atom is 0.225 e. The lowest BCUT2D eigenvalue weighted by molar-refractivity contribution is -0.138. The first-order valence-electron chi connectivity index (χ1n) is 8.60. The molecule has 1 saturated heterocycles. The first-order chi connectivity index (χ1) is 10.7. The molecule has 0 spiro atoms. The van der Waals surface area contributed by atoms with Crippen molar-refractivity contribution in [2.45, 2.75) is 63.7 Å². The van der Waals surface area contributed by atoms with Gasteiger partial charge in [-0.3, -0.25) is 4.79 Å². The van der Waals surface area contributed by atoms with Crippen molar-refractivity contribution in [3.63, 3.8) is 0 Å². The third-order valence-electron chi connectivity index (χ3n) is 4.84. The predicted molar refractivity (Wildman–Crippen MR) is 85.3 cm³/mol. The summed E-state index contributed by atoms with van der Waals surface area (Å²) in [5.41, 5.74) is 0. The van der Waals surface area contributed by atoms with Crippen molar-refractivity contribution in [3.05, 3.63) is 24.0 Å². The lowest BCUT2D eigenvalue weighted by atomic mass is 9.87. The summed E-state index contributed by atoms with van der Waals surface area (Å²) in [4.78, 5) is 14.6. The molecule has 3 aliphatic rings. The summed E-state index contributed by atoms with van der Waals surface area (Å²) >= 11 is 0. The second-order valence-corrected chi connectivity index (χ2v) is 6.62. The van der Waals surface area contributed by atoms with Crippen molar-refractivity contribution >= 4 is 5.91 Å². The van der Waals surface area contributed by atoms with Gasteiger partial charge in [0, 0.05) is 18.5 Å². The second kappa shape index (κ2) is 6.86. The number of hydrogen-bond acceptors (Lipinski definition) is 3. The van der Waals surface area contributed by atoms with E-state index in [4.69, 9.17) is 9.47 Å². The summed E-state index contributed by atoms with van der Waals surface area (Å²) < 4.78 is 11.5. The van der Waals surface area contributed by atoms with E-state index in [1.165, 1.54) is 12.8 Å². The summed E-state index contributed by atoms with van der Waals surface area (Å²) in [7, 11) is 1.68. The van der Waals surface area contributed by atoms with Crippen molar-refractivity contribution in [1.82, 2.24) is 4.90 Å². The Bertz CT molecular complexity index is 467. The topological polar surface area (TPSA) is 38.8 Å². The third kappa shape index (κ3) is 3.54. The number of amides is 1. The average molecular weight is 305 g/mol. The van der Waals surface area contributed by atoms with Gasteiger partial charge in [0.25, 0.3) is 0 Å². The van der Waals surface area contributed by atoms with Crippen molar-refractivity contribution < 1.29 is 14.3 Å². The minimum absolute atomic E-state index is 0.0488. The number of ether oxygens (including phenoxy) is 2. The molecule has 0 aromatic heterocycles. The van der Waals surface area contributed by atoms with Crippen LogP contribution in [0.5, 0.6) is 0 Å². The van der Waals surface area contributed by atoms with E-state index < -0.39 is 0 Å². The van der Waals surface area contributed by atoms with Gasteiger partial charge in [0.15, 0.2) is 0 Å². The molecule has 3 rings (SSSR count). The summed E-state index contributed by atoms with van der Waals surface area (Å²) in [5, 5.41) is 0. The molecule has 0 N–H and O–H groups in total. The van der Waals surface area contributed by atoms with Crippen LogP contribution in [0, 0.1) is 5.92 Å². The van der Waals surface area contributed by atoms with Gasteiger partial charge in [-0.15, -0.1) is 0 Å². The van der Waals surface area contributed by atoms with Gasteiger partial charge >= 0.3 is 0 Å². The van der Waals surface area contributed by atoms with E-state index >= 15 is 0 Å². The fourth-order valence-corrected chi connectivity index (χ4v) is 3.47. The smallest absolute Gasteiger partial charge is 0.225 e. The number of carbonyl (C=O) groups is 1. The molecule has 3 unspecified atom stereocenters. The molecule has 2 fully saturated rings. The molecule has 0 aromatic carbocycles. The highest BCUT2D eigenvalue weighted by molar-refractivity contribution is 5.77. The third-order valence-corrected chi connectivity index (χ3v) is 4.84. The maximum atomic E-state index is 12.6. The molecule has 0 bridgehead atoms. The molecule has 22 heavy (non-hydrogen) atoms. The SMILES string of the molecule is CCCN(C(=O)CC1CCC2C=CC(OC)=CC2O1)C1CC1. The number of rotatable bonds is 6. The molecule has 4 heteroatoms. The molecule has 1 aliphatic heterocycles. The Morgan fingerprint density at radius 2 is 2.18 bits per heavy atom. The Kier molecular flexibility index (Phi) is 4.87. The monoisotopic (exact) mass is 305 g/mol. The van der Waals surface area contributed by atoms with Crippen LogP contribution in [0.2, 0.25) is 0 Å². The number of nitrogens with zero attached hydrogens (tertiary/aromatic N) is 1. The van der Waals surface area contributed by atoms with Crippen molar-refractivity contribution in [2.75, 3.05) is 13.7 Å². The van der Waals surface area contributed by atoms with Crippen LogP contribution in [-0.2, 0) is 14.3 Å². The molecule has 3 atom stereocenters. The number of hydrogen-bond donors (Lipinski definition) is 0. The van der Waals surface area contributed by atoms with Gasteiger partial charge in [-0.2, -0.15) is 0 Å². The van der Waals surface area contributed by atoms with Gasteiger partial charge in [0.1, 0.15) is 5.76 Å². The van der Waals surface area contributed by atoms with Crippen LogP contribution in [-0.4, -0.2) is 42.7 Å². The predicted octanol–water partition coefficient (Wildman–Crippen LogP) is 3.04.